The van der Waals surface area contributed by atoms with Crippen LogP contribution in [0, 0.1) is 5.92 Å². The molecule has 0 spiro atoms. The Morgan fingerprint density at radius 2 is 2.00 bits per heavy atom. The highest BCUT2D eigenvalue weighted by atomic mass is 16.2. The lowest BCUT2D eigenvalue weighted by Crippen LogP contribution is -2.43. The van der Waals surface area contributed by atoms with Crippen LogP contribution in [0.4, 0.5) is 5.82 Å². The van der Waals surface area contributed by atoms with Crippen molar-refractivity contribution in [1.29, 1.82) is 0 Å². The summed E-state index contributed by atoms with van der Waals surface area (Å²) < 4.78 is 0. The molecule has 0 N–H and O–H groups in total. The van der Waals surface area contributed by atoms with E-state index in [1.807, 2.05) is 12.3 Å². The Morgan fingerprint density at radius 3 is 2.70 bits per heavy atom. The van der Waals surface area contributed by atoms with E-state index in [1.165, 1.54) is 6.42 Å². The zero-order chi connectivity index (χ0) is 16.2. The molecule has 3 rings (SSSR count). The van der Waals surface area contributed by atoms with Gasteiger partial charge in [0, 0.05) is 44.7 Å². The van der Waals surface area contributed by atoms with Gasteiger partial charge in [0.1, 0.15) is 11.6 Å². The summed E-state index contributed by atoms with van der Waals surface area (Å²) in [5.74, 6) is 3.33. The molecule has 5 heteroatoms. The predicted molar refractivity (Wildman–Crippen MR) is 91.5 cm³/mol. The van der Waals surface area contributed by atoms with Crippen LogP contribution in [-0.4, -0.2) is 47.0 Å². The van der Waals surface area contributed by atoms with E-state index in [0.717, 1.165) is 63.5 Å². The van der Waals surface area contributed by atoms with E-state index in [-0.39, 0.29) is 0 Å². The second-order valence-corrected chi connectivity index (χ2v) is 7.16. The molecular weight excluding hydrogens is 288 g/mol. The van der Waals surface area contributed by atoms with Gasteiger partial charge in [-0.15, -0.1) is 0 Å². The third-order valence-corrected chi connectivity index (χ3v) is 5.01. The lowest BCUT2D eigenvalue weighted by Gasteiger charge is -2.36. The molecule has 0 aromatic carbocycles. The van der Waals surface area contributed by atoms with E-state index in [1.54, 1.807) is 0 Å². The lowest BCUT2D eigenvalue weighted by atomic mass is 9.95. The first-order valence-corrected chi connectivity index (χ1v) is 8.99. The standard InChI is InChI=1S/C18H28N4O/c1-14(2)18-19-9-6-16(20-18)21-11-7-15(8-12-21)13-22-10-4-3-5-17(22)23/h6,9,14-15H,3-5,7-8,10-13H2,1-2H3. The summed E-state index contributed by atoms with van der Waals surface area (Å²) in [6, 6.07) is 2.01. The zero-order valence-corrected chi connectivity index (χ0v) is 14.4. The number of amides is 1. The predicted octanol–water partition coefficient (Wildman–Crippen LogP) is 2.83. The largest absolute Gasteiger partial charge is 0.356 e. The molecule has 0 bridgehead atoms. The Hall–Kier alpha value is -1.65. The van der Waals surface area contributed by atoms with Gasteiger partial charge in [0.05, 0.1) is 0 Å². The molecule has 23 heavy (non-hydrogen) atoms. The van der Waals surface area contributed by atoms with Gasteiger partial charge in [-0.2, -0.15) is 0 Å². The second-order valence-electron chi connectivity index (χ2n) is 7.16. The van der Waals surface area contributed by atoms with Crippen molar-refractivity contribution >= 4 is 11.7 Å². The summed E-state index contributed by atoms with van der Waals surface area (Å²) in [6.07, 6.45) is 7.15. The zero-order valence-electron chi connectivity index (χ0n) is 14.4. The van der Waals surface area contributed by atoms with Crippen LogP contribution in [0.2, 0.25) is 0 Å². The summed E-state index contributed by atoms with van der Waals surface area (Å²) in [5.41, 5.74) is 0. The molecule has 5 nitrogen and oxygen atoms in total. The van der Waals surface area contributed by atoms with E-state index in [4.69, 9.17) is 4.98 Å². The van der Waals surface area contributed by atoms with Crippen molar-refractivity contribution in [3.8, 4) is 0 Å². The van der Waals surface area contributed by atoms with Crippen LogP contribution in [0.1, 0.15) is 57.7 Å². The number of aromatic nitrogens is 2. The number of piperidine rings is 2. The van der Waals surface area contributed by atoms with Crippen molar-refractivity contribution in [2.45, 2.75) is 51.9 Å². The average molecular weight is 316 g/mol. The second kappa shape index (κ2) is 7.28. The van der Waals surface area contributed by atoms with E-state index >= 15 is 0 Å². The molecule has 0 atom stereocenters. The number of nitrogens with zero attached hydrogens (tertiary/aromatic N) is 4. The molecule has 0 aliphatic carbocycles. The van der Waals surface area contributed by atoms with E-state index in [0.29, 0.717) is 17.7 Å². The Labute approximate surface area is 139 Å². The van der Waals surface area contributed by atoms with Gasteiger partial charge in [-0.25, -0.2) is 9.97 Å². The van der Waals surface area contributed by atoms with Crippen LogP contribution >= 0.6 is 0 Å². The minimum absolute atomic E-state index is 0.357. The maximum Gasteiger partial charge on any atom is 0.222 e. The summed E-state index contributed by atoms with van der Waals surface area (Å²) in [7, 11) is 0. The van der Waals surface area contributed by atoms with Gasteiger partial charge in [0.2, 0.25) is 5.91 Å². The number of carbonyl (C=O) groups is 1. The number of anilines is 1. The number of carbonyl (C=O) groups excluding carboxylic acids is 1. The van der Waals surface area contributed by atoms with Gasteiger partial charge in [0.15, 0.2) is 0 Å². The third-order valence-electron chi connectivity index (χ3n) is 5.01. The molecule has 0 saturated carbocycles. The van der Waals surface area contributed by atoms with Crippen molar-refractivity contribution in [2.24, 2.45) is 5.92 Å². The molecule has 0 radical (unpaired) electrons. The van der Waals surface area contributed by atoms with Crippen LogP contribution in [-0.2, 0) is 4.79 Å². The van der Waals surface area contributed by atoms with E-state index < -0.39 is 0 Å². The van der Waals surface area contributed by atoms with Gasteiger partial charge in [-0.05, 0) is 37.7 Å². The summed E-state index contributed by atoms with van der Waals surface area (Å²) in [4.78, 5) is 25.5. The quantitative estimate of drug-likeness (QED) is 0.857. The Bertz CT molecular complexity index is 538. The van der Waals surface area contributed by atoms with Crippen molar-refractivity contribution in [1.82, 2.24) is 14.9 Å². The average Bonchev–Trinajstić information content (AvgIpc) is 2.58. The summed E-state index contributed by atoms with van der Waals surface area (Å²) in [5, 5.41) is 0. The SMILES string of the molecule is CC(C)c1nccc(N2CCC(CN3CCCCC3=O)CC2)n1. The van der Waals surface area contributed by atoms with E-state index in [9.17, 15) is 4.79 Å². The topological polar surface area (TPSA) is 49.3 Å². The van der Waals surface area contributed by atoms with Gasteiger partial charge >= 0.3 is 0 Å². The summed E-state index contributed by atoms with van der Waals surface area (Å²) in [6.45, 7) is 8.22. The Balaban J connectivity index is 1.54. The van der Waals surface area contributed by atoms with Gasteiger partial charge in [-0.1, -0.05) is 13.8 Å². The fourth-order valence-corrected chi connectivity index (χ4v) is 3.53. The lowest BCUT2D eigenvalue weighted by molar-refractivity contribution is -0.134. The molecule has 1 amide bonds. The number of likely N-dealkylation sites (tertiary alicyclic amines) is 1. The maximum atomic E-state index is 12.0. The molecule has 2 aliphatic heterocycles. The van der Waals surface area contributed by atoms with Crippen LogP contribution in [0.15, 0.2) is 12.3 Å². The van der Waals surface area contributed by atoms with Gasteiger partial charge < -0.3 is 9.80 Å². The van der Waals surface area contributed by atoms with Gasteiger partial charge in [0.25, 0.3) is 0 Å². The number of hydrogen-bond donors (Lipinski definition) is 0. The van der Waals surface area contributed by atoms with Crippen LogP contribution < -0.4 is 4.90 Å². The molecule has 2 saturated heterocycles. The van der Waals surface area contributed by atoms with Crippen molar-refractivity contribution in [3.63, 3.8) is 0 Å². The molecule has 126 valence electrons. The van der Waals surface area contributed by atoms with Crippen LogP contribution in [0.5, 0.6) is 0 Å². The first-order chi connectivity index (χ1) is 11.1. The highest BCUT2D eigenvalue weighted by Gasteiger charge is 2.25. The number of rotatable bonds is 4. The Morgan fingerprint density at radius 1 is 1.22 bits per heavy atom. The molecule has 1 aromatic heterocycles. The van der Waals surface area contributed by atoms with Crippen LogP contribution in [0.3, 0.4) is 0 Å². The smallest absolute Gasteiger partial charge is 0.222 e. The first-order valence-electron chi connectivity index (χ1n) is 8.99. The monoisotopic (exact) mass is 316 g/mol. The fourth-order valence-electron chi connectivity index (χ4n) is 3.53. The molecule has 2 fully saturated rings. The summed E-state index contributed by atoms with van der Waals surface area (Å²) >= 11 is 0. The third kappa shape index (κ3) is 4.01. The van der Waals surface area contributed by atoms with Gasteiger partial charge in [-0.3, -0.25) is 4.79 Å². The molecule has 0 unspecified atom stereocenters. The van der Waals surface area contributed by atoms with Crippen molar-refractivity contribution in [3.05, 3.63) is 18.1 Å². The highest BCUT2D eigenvalue weighted by molar-refractivity contribution is 5.76. The molecule has 3 heterocycles. The van der Waals surface area contributed by atoms with Crippen molar-refractivity contribution < 1.29 is 4.79 Å². The first kappa shape index (κ1) is 16.2. The fraction of sp³-hybridized carbons (Fsp3) is 0.722. The minimum Gasteiger partial charge on any atom is -0.356 e. The van der Waals surface area contributed by atoms with Crippen molar-refractivity contribution in [2.75, 3.05) is 31.1 Å². The van der Waals surface area contributed by atoms with Crippen LogP contribution in [0.25, 0.3) is 0 Å². The molecular formula is C18H28N4O. The molecule has 1 aromatic rings. The maximum absolute atomic E-state index is 12.0. The normalized spacial score (nSPS) is 20.4. The molecule has 2 aliphatic rings. The highest BCUT2D eigenvalue weighted by Crippen LogP contribution is 2.24. The van der Waals surface area contributed by atoms with E-state index in [2.05, 4.69) is 28.6 Å². The minimum atomic E-state index is 0.357. The Kier molecular flexibility index (Phi) is 5.13. The number of hydrogen-bond acceptors (Lipinski definition) is 4.